The van der Waals surface area contributed by atoms with Gasteiger partial charge in [0.25, 0.3) is 5.91 Å². The Balaban J connectivity index is 2.00. The molecular formula is C21H24N4O2. The minimum atomic E-state index is -0.496. The second-order valence-corrected chi connectivity index (χ2v) is 6.32. The van der Waals surface area contributed by atoms with E-state index >= 15 is 0 Å². The predicted octanol–water partition coefficient (Wildman–Crippen LogP) is 3.15. The number of nitrogens with one attached hydrogen (secondary N) is 1. The van der Waals surface area contributed by atoms with E-state index in [1.165, 1.54) is 0 Å². The van der Waals surface area contributed by atoms with Crippen molar-refractivity contribution in [2.24, 2.45) is 11.5 Å². The SMILES string of the molecule is CCOc1ccc([C@@H](CN)Nc2c(C)cnc3c(C(N)=O)cccc23)cc1. The minimum Gasteiger partial charge on any atom is -0.494 e. The van der Waals surface area contributed by atoms with E-state index in [2.05, 4.69) is 10.3 Å². The molecule has 0 aliphatic rings. The molecule has 0 fully saturated rings. The van der Waals surface area contributed by atoms with Gasteiger partial charge in [-0.2, -0.15) is 0 Å². The molecule has 0 saturated heterocycles. The fourth-order valence-electron chi connectivity index (χ4n) is 3.13. The van der Waals surface area contributed by atoms with Crippen LogP contribution in [-0.4, -0.2) is 24.0 Å². The molecule has 1 aromatic heterocycles. The molecule has 3 aromatic rings. The number of amides is 1. The van der Waals surface area contributed by atoms with Crippen LogP contribution >= 0.6 is 0 Å². The van der Waals surface area contributed by atoms with Crippen LogP contribution in [0.1, 0.15) is 34.5 Å². The van der Waals surface area contributed by atoms with Crippen LogP contribution in [0.5, 0.6) is 5.75 Å². The highest BCUT2D eigenvalue weighted by Crippen LogP contribution is 2.31. The van der Waals surface area contributed by atoms with Gasteiger partial charge in [0.2, 0.25) is 0 Å². The number of hydrogen-bond acceptors (Lipinski definition) is 5. The number of primary amides is 1. The molecule has 0 bridgehead atoms. The van der Waals surface area contributed by atoms with Gasteiger partial charge in [-0.1, -0.05) is 24.3 Å². The number of rotatable bonds is 7. The summed E-state index contributed by atoms with van der Waals surface area (Å²) in [6.45, 7) is 4.96. The third-order valence-corrected chi connectivity index (χ3v) is 4.50. The van der Waals surface area contributed by atoms with E-state index in [-0.39, 0.29) is 6.04 Å². The van der Waals surface area contributed by atoms with E-state index in [1.807, 2.05) is 50.2 Å². The van der Waals surface area contributed by atoms with Gasteiger partial charge in [-0.25, -0.2) is 0 Å². The number of nitrogens with two attached hydrogens (primary N) is 2. The number of ether oxygens (including phenoxy) is 1. The number of carbonyl (C=O) groups is 1. The molecule has 0 unspecified atom stereocenters. The first-order chi connectivity index (χ1) is 13.0. The van der Waals surface area contributed by atoms with E-state index in [1.54, 1.807) is 12.3 Å². The van der Waals surface area contributed by atoms with Crippen molar-refractivity contribution >= 4 is 22.5 Å². The number of pyridine rings is 1. The molecule has 0 radical (unpaired) electrons. The molecule has 2 aromatic carbocycles. The summed E-state index contributed by atoms with van der Waals surface area (Å²) in [4.78, 5) is 16.1. The maximum atomic E-state index is 11.7. The van der Waals surface area contributed by atoms with Crippen molar-refractivity contribution < 1.29 is 9.53 Å². The molecule has 0 saturated carbocycles. The fraction of sp³-hybridized carbons (Fsp3) is 0.238. The number of hydrogen-bond donors (Lipinski definition) is 3. The predicted molar refractivity (Wildman–Crippen MR) is 108 cm³/mol. The Bertz CT molecular complexity index is 954. The van der Waals surface area contributed by atoms with Crippen LogP contribution in [0.2, 0.25) is 0 Å². The molecule has 3 rings (SSSR count). The van der Waals surface area contributed by atoms with Crippen LogP contribution in [0.25, 0.3) is 10.9 Å². The Kier molecular flexibility index (Phi) is 5.57. The molecule has 0 spiro atoms. The average Bonchev–Trinajstić information content (AvgIpc) is 2.68. The second kappa shape index (κ2) is 8.05. The standard InChI is InChI=1S/C21H24N4O2/c1-3-27-15-9-7-14(8-10-15)18(11-22)25-19-13(2)12-24-20-16(19)5-4-6-17(20)21(23)26/h4-10,12,18H,3,11,22H2,1-2H3,(H2,23,26)(H,24,25)/t18-/m1/s1. The number of carbonyl (C=O) groups excluding carboxylic acids is 1. The van der Waals surface area contributed by atoms with Gasteiger partial charge in [0, 0.05) is 23.8 Å². The molecule has 0 aliphatic heterocycles. The molecule has 0 aliphatic carbocycles. The summed E-state index contributed by atoms with van der Waals surface area (Å²) >= 11 is 0. The van der Waals surface area contributed by atoms with Gasteiger partial charge in [0.05, 0.1) is 23.7 Å². The van der Waals surface area contributed by atoms with E-state index in [9.17, 15) is 4.79 Å². The quantitative estimate of drug-likeness (QED) is 0.597. The van der Waals surface area contributed by atoms with Crippen LogP contribution in [0.15, 0.2) is 48.7 Å². The molecule has 1 atom stereocenters. The normalized spacial score (nSPS) is 12.0. The lowest BCUT2D eigenvalue weighted by molar-refractivity contribution is 0.100. The van der Waals surface area contributed by atoms with Gasteiger partial charge in [-0.15, -0.1) is 0 Å². The van der Waals surface area contributed by atoms with Crippen LogP contribution in [0.3, 0.4) is 0 Å². The van der Waals surface area contributed by atoms with Crippen molar-refractivity contribution in [3.63, 3.8) is 0 Å². The number of aryl methyl sites for hydroxylation is 1. The first-order valence-corrected chi connectivity index (χ1v) is 8.92. The number of nitrogens with zero attached hydrogens (tertiary/aromatic N) is 1. The summed E-state index contributed by atoms with van der Waals surface area (Å²) in [7, 11) is 0. The van der Waals surface area contributed by atoms with Gasteiger partial charge >= 0.3 is 0 Å². The third kappa shape index (κ3) is 3.85. The van der Waals surface area contributed by atoms with Crippen molar-refractivity contribution in [1.29, 1.82) is 0 Å². The lowest BCUT2D eigenvalue weighted by Crippen LogP contribution is -2.21. The Hall–Kier alpha value is -3.12. The molecule has 6 heteroatoms. The van der Waals surface area contributed by atoms with Crippen LogP contribution in [-0.2, 0) is 0 Å². The van der Waals surface area contributed by atoms with E-state index in [0.717, 1.165) is 28.0 Å². The lowest BCUT2D eigenvalue weighted by Gasteiger charge is -2.22. The summed E-state index contributed by atoms with van der Waals surface area (Å²) in [6, 6.07) is 13.2. The van der Waals surface area contributed by atoms with Gasteiger partial charge in [0.15, 0.2) is 0 Å². The maximum absolute atomic E-state index is 11.7. The average molecular weight is 364 g/mol. The molecule has 140 valence electrons. The summed E-state index contributed by atoms with van der Waals surface area (Å²) in [5.74, 6) is 0.332. The molecule has 1 heterocycles. The molecule has 5 N–H and O–H groups in total. The fourth-order valence-corrected chi connectivity index (χ4v) is 3.13. The van der Waals surface area contributed by atoms with Crippen LogP contribution in [0.4, 0.5) is 5.69 Å². The minimum absolute atomic E-state index is 0.0952. The van der Waals surface area contributed by atoms with Crippen molar-refractivity contribution in [3.05, 3.63) is 65.4 Å². The molecular weight excluding hydrogens is 340 g/mol. The highest BCUT2D eigenvalue weighted by atomic mass is 16.5. The van der Waals surface area contributed by atoms with E-state index < -0.39 is 5.91 Å². The van der Waals surface area contributed by atoms with Crippen molar-refractivity contribution in [3.8, 4) is 5.75 Å². The molecule has 1 amide bonds. The van der Waals surface area contributed by atoms with E-state index in [0.29, 0.717) is 24.2 Å². The zero-order valence-electron chi connectivity index (χ0n) is 15.5. The maximum Gasteiger partial charge on any atom is 0.250 e. The highest BCUT2D eigenvalue weighted by Gasteiger charge is 2.16. The number of benzene rings is 2. The lowest BCUT2D eigenvalue weighted by atomic mass is 10.0. The molecule has 27 heavy (non-hydrogen) atoms. The monoisotopic (exact) mass is 364 g/mol. The zero-order chi connectivity index (χ0) is 19.4. The molecule has 6 nitrogen and oxygen atoms in total. The third-order valence-electron chi connectivity index (χ3n) is 4.50. The summed E-state index contributed by atoms with van der Waals surface area (Å²) in [5, 5.41) is 4.36. The largest absolute Gasteiger partial charge is 0.494 e. The Morgan fingerprint density at radius 1 is 1.22 bits per heavy atom. The number of aromatic nitrogens is 1. The van der Waals surface area contributed by atoms with Crippen LogP contribution < -0.4 is 21.5 Å². The van der Waals surface area contributed by atoms with Crippen molar-refractivity contribution in [2.45, 2.75) is 19.9 Å². The second-order valence-electron chi connectivity index (χ2n) is 6.32. The van der Waals surface area contributed by atoms with E-state index in [4.69, 9.17) is 16.2 Å². The highest BCUT2D eigenvalue weighted by molar-refractivity contribution is 6.07. The number of para-hydroxylation sites is 1. The van der Waals surface area contributed by atoms with Gasteiger partial charge < -0.3 is 21.5 Å². The van der Waals surface area contributed by atoms with Crippen LogP contribution in [0, 0.1) is 6.92 Å². The first kappa shape index (κ1) is 18.7. The summed E-state index contributed by atoms with van der Waals surface area (Å²) in [6.07, 6.45) is 1.74. The Morgan fingerprint density at radius 3 is 2.59 bits per heavy atom. The summed E-state index contributed by atoms with van der Waals surface area (Å²) in [5.41, 5.74) is 15.4. The number of anilines is 1. The van der Waals surface area contributed by atoms with Gasteiger partial charge in [-0.3, -0.25) is 9.78 Å². The number of fused-ring (bicyclic) bond motifs is 1. The smallest absolute Gasteiger partial charge is 0.250 e. The van der Waals surface area contributed by atoms with Crippen molar-refractivity contribution in [2.75, 3.05) is 18.5 Å². The topological polar surface area (TPSA) is 103 Å². The van der Waals surface area contributed by atoms with Gasteiger partial charge in [0.1, 0.15) is 5.75 Å². The Morgan fingerprint density at radius 2 is 1.96 bits per heavy atom. The zero-order valence-corrected chi connectivity index (χ0v) is 15.5. The van der Waals surface area contributed by atoms with Crippen molar-refractivity contribution in [1.82, 2.24) is 4.98 Å². The Labute approximate surface area is 158 Å². The summed E-state index contributed by atoms with van der Waals surface area (Å²) < 4.78 is 5.50. The van der Waals surface area contributed by atoms with Gasteiger partial charge in [-0.05, 0) is 43.2 Å². The first-order valence-electron chi connectivity index (χ1n) is 8.92.